The Hall–Kier alpha value is -3.87. The molecule has 4 aliphatic heterocycles. The van der Waals surface area contributed by atoms with Gasteiger partial charge in [0.25, 0.3) is 0 Å². The van der Waals surface area contributed by atoms with Crippen LogP contribution in [-0.2, 0) is 29.8 Å². The number of sulfone groups is 2. The summed E-state index contributed by atoms with van der Waals surface area (Å²) in [4.78, 5) is 32.5. The van der Waals surface area contributed by atoms with Gasteiger partial charge in [0, 0.05) is 55.8 Å². The molecule has 336 valence electrons. The number of ether oxygens (including phenoxy) is 1. The van der Waals surface area contributed by atoms with Gasteiger partial charge in [0.15, 0.2) is 25.3 Å². The monoisotopic (exact) mass is 892 g/mol. The summed E-state index contributed by atoms with van der Waals surface area (Å²) >= 11 is 0. The first kappa shape index (κ1) is 45.2. The smallest absolute Gasteiger partial charge is 0.407 e. The molecule has 4 saturated heterocycles. The second-order valence-corrected chi connectivity index (χ2v) is 21.9. The summed E-state index contributed by atoms with van der Waals surface area (Å²) < 4.78 is 102. The average molecular weight is 893 g/mol. The largest absolute Gasteiger partial charge is 0.453 e. The molecule has 3 amide bonds. The fraction of sp³-hybridized carbons (Fsp3) is 0.628. The molecule has 18 heteroatoms. The molecule has 4 atom stereocenters. The fourth-order valence-electron chi connectivity index (χ4n) is 10.6. The van der Waals surface area contributed by atoms with E-state index in [2.05, 4.69) is 20.4 Å². The SMILES string of the molecule is COC(=O)N[C@H]1CCC[C@@H]1[C@](CN1CCC1)(c1cccc(F)c1)C1CCN(CC2(F)CN(c3ccc(S(=O)(=O)C4CCCN(C(=O)NC/C=C/S(C)(=O)=O)C4)cc3F)C2)CC1. The molecule has 61 heavy (non-hydrogen) atoms. The predicted molar refractivity (Wildman–Crippen MR) is 227 cm³/mol. The van der Waals surface area contributed by atoms with Crippen molar-refractivity contribution in [3.05, 3.63) is 71.1 Å². The van der Waals surface area contributed by atoms with Crippen molar-refractivity contribution in [1.82, 2.24) is 25.3 Å². The van der Waals surface area contributed by atoms with Crippen molar-refractivity contribution in [3.8, 4) is 0 Å². The number of amides is 3. The molecule has 1 saturated carbocycles. The predicted octanol–water partition coefficient (Wildman–Crippen LogP) is 4.88. The van der Waals surface area contributed by atoms with E-state index in [0.29, 0.717) is 26.1 Å². The molecule has 2 N–H and O–H groups in total. The summed E-state index contributed by atoms with van der Waals surface area (Å²) in [7, 11) is -6.01. The number of urea groups is 1. The van der Waals surface area contributed by atoms with Gasteiger partial charge in [-0.2, -0.15) is 0 Å². The Morgan fingerprint density at radius 3 is 2.33 bits per heavy atom. The van der Waals surface area contributed by atoms with Crippen LogP contribution in [0, 0.1) is 23.5 Å². The molecule has 1 aliphatic carbocycles. The third-order valence-electron chi connectivity index (χ3n) is 13.6. The van der Waals surface area contributed by atoms with Gasteiger partial charge in [-0.15, -0.1) is 0 Å². The third-order valence-corrected chi connectivity index (χ3v) is 16.5. The maximum atomic E-state index is 16.4. The van der Waals surface area contributed by atoms with E-state index in [-0.39, 0.29) is 73.4 Å². The van der Waals surface area contributed by atoms with Crippen LogP contribution in [-0.4, -0.2) is 146 Å². The van der Waals surface area contributed by atoms with E-state index in [9.17, 15) is 26.4 Å². The quantitative estimate of drug-likeness (QED) is 0.269. The van der Waals surface area contributed by atoms with Crippen molar-refractivity contribution in [2.24, 2.45) is 11.8 Å². The number of methoxy groups -OCH3 is 1. The lowest BCUT2D eigenvalue weighted by molar-refractivity contribution is 0.00575. The maximum absolute atomic E-state index is 16.4. The Labute approximate surface area is 357 Å². The molecule has 0 aromatic heterocycles. The van der Waals surface area contributed by atoms with Crippen molar-refractivity contribution < 1.29 is 44.3 Å². The zero-order valence-corrected chi connectivity index (χ0v) is 36.7. The standard InChI is InChI=1S/C43H59F3N6O7S2/c1-59-41(54)48-38-12-4-11-36(38)43(30-49-18-7-19-49,32-8-3-9-33(44)24-32)31-15-21-50(22-16-31)27-42(46)28-52(29-42)39-14-13-34(25-37(39)45)61(57,58)35-10-5-20-51(26-35)40(53)47-17-6-23-60(2,55)56/h3,6,8-9,13-14,23-25,31,35-36,38H,4-5,7,10-12,15-22,26-30H2,1-2H3,(H,47,53)(H,48,54)/b23-6+/t35?,36-,38-,43-/m0/s1. The van der Waals surface area contributed by atoms with Gasteiger partial charge in [-0.25, -0.2) is 39.6 Å². The van der Waals surface area contributed by atoms with Crippen LogP contribution in [0.4, 0.5) is 28.4 Å². The number of rotatable bonds is 14. The van der Waals surface area contributed by atoms with E-state index in [1.165, 1.54) is 36.3 Å². The van der Waals surface area contributed by atoms with Crippen LogP contribution in [0.1, 0.15) is 56.9 Å². The van der Waals surface area contributed by atoms with Crippen molar-refractivity contribution in [2.45, 2.75) is 78.6 Å². The topological polar surface area (TPSA) is 149 Å². The van der Waals surface area contributed by atoms with Gasteiger partial charge in [-0.3, -0.25) is 4.90 Å². The minimum atomic E-state index is -4.02. The summed E-state index contributed by atoms with van der Waals surface area (Å²) in [6, 6.07) is 9.98. The number of benzene rings is 2. The number of hydrogen-bond acceptors (Lipinski definition) is 10. The van der Waals surface area contributed by atoms with Gasteiger partial charge in [-0.05, 0) is 119 Å². The first-order chi connectivity index (χ1) is 29.0. The molecule has 2 aromatic rings. The first-order valence-corrected chi connectivity index (χ1v) is 24.9. The molecule has 7 rings (SSSR count). The minimum Gasteiger partial charge on any atom is -0.453 e. The zero-order chi connectivity index (χ0) is 43.6. The molecule has 1 unspecified atom stereocenters. The Balaban J connectivity index is 0.976. The van der Waals surface area contributed by atoms with E-state index in [1.807, 2.05) is 6.07 Å². The highest BCUT2D eigenvalue weighted by molar-refractivity contribution is 7.93. The summed E-state index contributed by atoms with van der Waals surface area (Å²) in [5.74, 6) is -0.852. The maximum Gasteiger partial charge on any atom is 0.407 e. The molecule has 5 fully saturated rings. The van der Waals surface area contributed by atoms with Crippen LogP contribution >= 0.6 is 0 Å². The van der Waals surface area contributed by atoms with Crippen molar-refractivity contribution in [3.63, 3.8) is 0 Å². The van der Waals surface area contributed by atoms with Crippen molar-refractivity contribution in [2.75, 3.05) is 90.3 Å². The van der Waals surface area contributed by atoms with Gasteiger partial charge in [0.1, 0.15) is 11.6 Å². The fourth-order valence-corrected chi connectivity index (χ4v) is 12.8. The third kappa shape index (κ3) is 10.2. The van der Waals surface area contributed by atoms with E-state index in [1.54, 1.807) is 17.0 Å². The second kappa shape index (κ2) is 18.5. The van der Waals surface area contributed by atoms with Crippen molar-refractivity contribution >= 4 is 37.5 Å². The van der Waals surface area contributed by atoms with E-state index < -0.39 is 53.9 Å². The normalized spacial score (nSPS) is 25.1. The number of hydrogen-bond donors (Lipinski definition) is 2. The minimum absolute atomic E-state index is 0.0427. The van der Waals surface area contributed by atoms with Crippen LogP contribution in [0.25, 0.3) is 0 Å². The van der Waals surface area contributed by atoms with Gasteiger partial charge >= 0.3 is 12.1 Å². The lowest BCUT2D eigenvalue weighted by Crippen LogP contribution is -2.65. The van der Waals surface area contributed by atoms with Gasteiger partial charge in [0.05, 0.1) is 36.0 Å². The van der Waals surface area contributed by atoms with Gasteiger partial charge in [0.2, 0.25) is 0 Å². The first-order valence-electron chi connectivity index (χ1n) is 21.4. The van der Waals surface area contributed by atoms with E-state index in [0.717, 1.165) is 81.5 Å². The number of alkyl halides is 1. The summed E-state index contributed by atoms with van der Waals surface area (Å²) in [6.45, 7) is 4.21. The molecule has 0 spiro atoms. The number of nitrogens with one attached hydrogen (secondary N) is 2. The number of anilines is 1. The lowest BCUT2D eigenvalue weighted by Gasteiger charge is -2.54. The summed E-state index contributed by atoms with van der Waals surface area (Å²) in [5.41, 5.74) is -0.981. The molecular formula is C43H59F3N6O7S2. The lowest BCUT2D eigenvalue weighted by atomic mass is 9.57. The van der Waals surface area contributed by atoms with E-state index in [4.69, 9.17) is 4.74 Å². The van der Waals surface area contributed by atoms with Crippen LogP contribution in [0.2, 0.25) is 0 Å². The Kier molecular flexibility index (Phi) is 13.7. The molecule has 0 bridgehead atoms. The number of carbonyl (C=O) groups excluding carboxylic acids is 2. The molecular weight excluding hydrogens is 834 g/mol. The van der Waals surface area contributed by atoms with Crippen LogP contribution in [0.5, 0.6) is 0 Å². The molecule has 2 aromatic carbocycles. The average Bonchev–Trinajstić information content (AvgIpc) is 3.66. The van der Waals surface area contributed by atoms with E-state index >= 15 is 13.2 Å². The van der Waals surface area contributed by atoms with Crippen molar-refractivity contribution in [1.29, 1.82) is 0 Å². The van der Waals surface area contributed by atoms with Crippen LogP contribution < -0.4 is 15.5 Å². The Morgan fingerprint density at radius 2 is 1.67 bits per heavy atom. The Morgan fingerprint density at radius 1 is 0.918 bits per heavy atom. The zero-order valence-electron chi connectivity index (χ0n) is 35.0. The molecule has 4 heterocycles. The molecule has 0 radical (unpaired) electrons. The molecule has 5 aliphatic rings. The Bertz CT molecular complexity index is 2160. The molecule has 13 nitrogen and oxygen atoms in total. The highest BCUT2D eigenvalue weighted by atomic mass is 32.2. The number of piperidine rings is 2. The second-order valence-electron chi connectivity index (χ2n) is 17.8. The summed E-state index contributed by atoms with van der Waals surface area (Å²) in [5, 5.41) is 5.70. The van der Waals surface area contributed by atoms with Gasteiger partial charge in [-0.1, -0.05) is 24.6 Å². The number of nitrogens with zero attached hydrogens (tertiary/aromatic N) is 4. The number of carbonyl (C=O) groups is 2. The number of alkyl carbamates (subject to hydrolysis) is 1. The highest BCUT2D eigenvalue weighted by Crippen LogP contribution is 2.52. The number of likely N-dealkylation sites (tertiary alicyclic amines) is 3. The highest BCUT2D eigenvalue weighted by Gasteiger charge is 2.54. The summed E-state index contributed by atoms with van der Waals surface area (Å²) in [6.07, 6.45) is 7.84. The van der Waals surface area contributed by atoms with Crippen LogP contribution in [0.3, 0.4) is 0 Å². The number of halogens is 3. The van der Waals surface area contributed by atoms with Crippen LogP contribution in [0.15, 0.2) is 58.8 Å². The van der Waals surface area contributed by atoms with Gasteiger partial charge < -0.3 is 30.1 Å².